The molecule has 7 nitrogen and oxygen atoms in total. The van der Waals surface area contributed by atoms with Crippen LogP contribution < -0.4 is 16.2 Å². The Morgan fingerprint density at radius 3 is 2.76 bits per heavy atom. The summed E-state index contributed by atoms with van der Waals surface area (Å²) < 4.78 is 1.48. The van der Waals surface area contributed by atoms with E-state index in [4.69, 9.17) is 0 Å². The highest BCUT2D eigenvalue weighted by molar-refractivity contribution is 6.01. The average molecular weight is 339 g/mol. The number of carbonyl (C=O) groups is 1. The lowest BCUT2D eigenvalue weighted by Crippen LogP contribution is -2.24. The lowest BCUT2D eigenvalue weighted by molar-refractivity contribution is 0.0963. The minimum absolute atomic E-state index is 0.137. The van der Waals surface area contributed by atoms with Gasteiger partial charge in [-0.1, -0.05) is 13.0 Å². The van der Waals surface area contributed by atoms with E-state index < -0.39 is 0 Å². The maximum Gasteiger partial charge on any atom is 0.267 e. The summed E-state index contributed by atoms with van der Waals surface area (Å²) in [5, 5.41) is 6.13. The van der Waals surface area contributed by atoms with Crippen LogP contribution in [0.3, 0.4) is 0 Å². The first-order valence-electron chi connectivity index (χ1n) is 8.27. The summed E-state index contributed by atoms with van der Waals surface area (Å²) in [6.45, 7) is 5.95. The topological polar surface area (TPSA) is 88.4 Å². The number of amides is 1. The van der Waals surface area contributed by atoms with Crippen LogP contribution >= 0.6 is 0 Å². The van der Waals surface area contributed by atoms with E-state index in [9.17, 15) is 9.59 Å². The molecular weight excluding hydrogens is 318 g/mol. The Morgan fingerprint density at radius 2 is 2.08 bits per heavy atom. The third kappa shape index (κ3) is 3.05. The molecule has 0 aliphatic carbocycles. The van der Waals surface area contributed by atoms with Gasteiger partial charge >= 0.3 is 0 Å². The predicted molar refractivity (Wildman–Crippen MR) is 98.3 cm³/mol. The Balaban J connectivity index is 2.32. The average Bonchev–Trinajstić information content (AvgIpc) is 2.61. The van der Waals surface area contributed by atoms with E-state index in [-0.39, 0.29) is 17.5 Å². The molecule has 130 valence electrons. The van der Waals surface area contributed by atoms with Gasteiger partial charge in [-0.3, -0.25) is 14.0 Å². The van der Waals surface area contributed by atoms with Crippen molar-refractivity contribution in [2.24, 2.45) is 0 Å². The van der Waals surface area contributed by atoms with Crippen molar-refractivity contribution in [3.05, 3.63) is 45.9 Å². The first-order chi connectivity index (χ1) is 11.9. The third-order valence-corrected chi connectivity index (χ3v) is 4.21. The molecule has 3 aromatic rings. The maximum absolute atomic E-state index is 12.8. The van der Waals surface area contributed by atoms with E-state index in [0.717, 1.165) is 12.0 Å². The van der Waals surface area contributed by atoms with Gasteiger partial charge in [-0.2, -0.15) is 0 Å². The molecule has 0 radical (unpaired) electrons. The van der Waals surface area contributed by atoms with E-state index in [0.29, 0.717) is 28.1 Å². The summed E-state index contributed by atoms with van der Waals surface area (Å²) in [6, 6.07) is 5.38. The summed E-state index contributed by atoms with van der Waals surface area (Å²) in [5.41, 5.74) is 1.90. The van der Waals surface area contributed by atoms with Gasteiger partial charge in [0.05, 0.1) is 10.9 Å². The molecule has 0 spiro atoms. The Hall–Kier alpha value is -2.96. The summed E-state index contributed by atoms with van der Waals surface area (Å²) in [5.74, 6) is 0.138. The molecular formula is C18H21N5O2. The number of aromatic nitrogens is 3. The van der Waals surface area contributed by atoms with Crippen LogP contribution in [0.5, 0.6) is 0 Å². The van der Waals surface area contributed by atoms with Crippen molar-refractivity contribution in [1.82, 2.24) is 19.7 Å². The lowest BCUT2D eigenvalue weighted by atomic mass is 10.1. The zero-order valence-corrected chi connectivity index (χ0v) is 14.8. The molecule has 0 aromatic carbocycles. The Kier molecular flexibility index (Phi) is 4.39. The standard InChI is InChI=1S/C18H21N5O2/c1-5-11(3)20-15-12(17(24)19-4)8-13-16(22-15)21-14-7-6-10(2)9-23(14)18(13)25/h6-9,11H,5H2,1-4H3,(H,19,24)(H,20,22). The fourth-order valence-corrected chi connectivity index (χ4v) is 2.59. The summed E-state index contributed by atoms with van der Waals surface area (Å²) in [6.07, 6.45) is 2.61. The number of carbonyl (C=O) groups excluding carboxylic acids is 1. The van der Waals surface area contributed by atoms with Gasteiger partial charge in [0.2, 0.25) is 0 Å². The maximum atomic E-state index is 12.8. The van der Waals surface area contributed by atoms with Gasteiger partial charge in [0, 0.05) is 19.3 Å². The van der Waals surface area contributed by atoms with Gasteiger partial charge in [-0.25, -0.2) is 9.97 Å². The van der Waals surface area contributed by atoms with Gasteiger partial charge in [-0.05, 0) is 38.0 Å². The minimum Gasteiger partial charge on any atom is -0.367 e. The molecule has 7 heteroatoms. The fourth-order valence-electron chi connectivity index (χ4n) is 2.59. The van der Waals surface area contributed by atoms with Gasteiger partial charge < -0.3 is 10.6 Å². The molecule has 0 aliphatic heterocycles. The molecule has 0 aliphatic rings. The van der Waals surface area contributed by atoms with Gasteiger partial charge in [0.15, 0.2) is 5.65 Å². The molecule has 3 aromatic heterocycles. The molecule has 0 fully saturated rings. The van der Waals surface area contributed by atoms with Crippen LogP contribution in [0.25, 0.3) is 16.7 Å². The fraction of sp³-hybridized carbons (Fsp3) is 0.333. The second-order valence-corrected chi connectivity index (χ2v) is 6.14. The summed E-state index contributed by atoms with van der Waals surface area (Å²) in [4.78, 5) is 34.0. The number of anilines is 1. The Labute approximate surface area is 145 Å². The SMILES string of the molecule is CCC(C)Nc1nc2nc3ccc(C)cn3c(=O)c2cc1C(=O)NC. The molecule has 3 heterocycles. The number of fused-ring (bicyclic) bond motifs is 2. The number of pyridine rings is 2. The molecule has 1 amide bonds. The summed E-state index contributed by atoms with van der Waals surface area (Å²) >= 11 is 0. The molecule has 25 heavy (non-hydrogen) atoms. The second kappa shape index (κ2) is 6.51. The number of rotatable bonds is 4. The first kappa shape index (κ1) is 16.9. The largest absolute Gasteiger partial charge is 0.367 e. The van der Waals surface area contributed by atoms with Crippen molar-refractivity contribution < 1.29 is 4.79 Å². The quantitative estimate of drug-likeness (QED) is 0.711. The first-order valence-corrected chi connectivity index (χ1v) is 8.27. The third-order valence-electron chi connectivity index (χ3n) is 4.21. The molecule has 3 rings (SSSR count). The Morgan fingerprint density at radius 1 is 1.32 bits per heavy atom. The monoisotopic (exact) mass is 339 g/mol. The molecule has 0 saturated carbocycles. The highest BCUT2D eigenvalue weighted by atomic mass is 16.1. The zero-order valence-electron chi connectivity index (χ0n) is 14.8. The van der Waals surface area contributed by atoms with E-state index in [1.807, 2.05) is 26.8 Å². The van der Waals surface area contributed by atoms with Crippen LogP contribution in [0.4, 0.5) is 5.82 Å². The number of nitrogens with zero attached hydrogens (tertiary/aromatic N) is 3. The lowest BCUT2D eigenvalue weighted by Gasteiger charge is -2.16. The number of hydrogen-bond acceptors (Lipinski definition) is 5. The Bertz CT molecular complexity index is 1030. The van der Waals surface area contributed by atoms with Gasteiger partial charge in [-0.15, -0.1) is 0 Å². The van der Waals surface area contributed by atoms with Gasteiger partial charge in [0.25, 0.3) is 11.5 Å². The zero-order chi connectivity index (χ0) is 18.1. The van der Waals surface area contributed by atoms with Crippen molar-refractivity contribution in [1.29, 1.82) is 0 Å². The van der Waals surface area contributed by atoms with Crippen LogP contribution in [-0.2, 0) is 0 Å². The smallest absolute Gasteiger partial charge is 0.267 e. The van der Waals surface area contributed by atoms with Gasteiger partial charge in [0.1, 0.15) is 11.5 Å². The van der Waals surface area contributed by atoms with E-state index in [2.05, 4.69) is 20.6 Å². The van der Waals surface area contributed by atoms with Crippen LogP contribution in [0.15, 0.2) is 29.2 Å². The number of hydrogen-bond donors (Lipinski definition) is 2. The van der Waals surface area contributed by atoms with Crippen molar-refractivity contribution in [3.8, 4) is 0 Å². The highest BCUT2D eigenvalue weighted by Crippen LogP contribution is 2.19. The normalized spacial score (nSPS) is 12.3. The molecule has 0 saturated heterocycles. The molecule has 2 N–H and O–H groups in total. The van der Waals surface area contributed by atoms with Crippen molar-refractivity contribution in [3.63, 3.8) is 0 Å². The van der Waals surface area contributed by atoms with Crippen molar-refractivity contribution >= 4 is 28.4 Å². The van der Waals surface area contributed by atoms with E-state index in [1.54, 1.807) is 25.4 Å². The van der Waals surface area contributed by atoms with Crippen LogP contribution in [0.1, 0.15) is 36.2 Å². The molecule has 1 unspecified atom stereocenters. The van der Waals surface area contributed by atoms with E-state index >= 15 is 0 Å². The van der Waals surface area contributed by atoms with Crippen molar-refractivity contribution in [2.75, 3.05) is 12.4 Å². The summed E-state index contributed by atoms with van der Waals surface area (Å²) in [7, 11) is 1.55. The van der Waals surface area contributed by atoms with Crippen LogP contribution in [-0.4, -0.2) is 33.4 Å². The molecule has 0 bridgehead atoms. The highest BCUT2D eigenvalue weighted by Gasteiger charge is 2.17. The number of nitrogens with one attached hydrogen (secondary N) is 2. The van der Waals surface area contributed by atoms with Crippen LogP contribution in [0, 0.1) is 6.92 Å². The van der Waals surface area contributed by atoms with E-state index in [1.165, 1.54) is 4.40 Å². The van der Waals surface area contributed by atoms with Crippen molar-refractivity contribution in [2.45, 2.75) is 33.2 Å². The second-order valence-electron chi connectivity index (χ2n) is 6.14. The minimum atomic E-state index is -0.297. The number of aryl methyl sites for hydroxylation is 1. The predicted octanol–water partition coefficient (Wildman–Crippen LogP) is 2.12. The van der Waals surface area contributed by atoms with Crippen LogP contribution in [0.2, 0.25) is 0 Å². The molecule has 1 atom stereocenters.